The van der Waals surface area contributed by atoms with Crippen LogP contribution in [0, 0.1) is 0 Å². The van der Waals surface area contributed by atoms with E-state index in [4.69, 9.17) is 0 Å². The van der Waals surface area contributed by atoms with Crippen LogP contribution < -0.4 is 10.6 Å². The predicted octanol–water partition coefficient (Wildman–Crippen LogP) is 2.23. The number of hydrogen-bond donors (Lipinski definition) is 2. The Bertz CT molecular complexity index is 346. The van der Waals surface area contributed by atoms with E-state index in [1.54, 1.807) is 0 Å². The van der Waals surface area contributed by atoms with Crippen LogP contribution in [-0.4, -0.2) is 26.2 Å². The van der Waals surface area contributed by atoms with Crippen molar-refractivity contribution in [3.63, 3.8) is 0 Å². The van der Waals surface area contributed by atoms with Crippen LogP contribution in [-0.2, 0) is 0 Å². The summed E-state index contributed by atoms with van der Waals surface area (Å²) in [6, 6.07) is 9.40. The van der Waals surface area contributed by atoms with Crippen molar-refractivity contribution in [2.24, 2.45) is 0 Å². The molecule has 2 unspecified atom stereocenters. The Kier molecular flexibility index (Phi) is 3.44. The topological polar surface area (TPSA) is 24.1 Å². The molecule has 2 atom stereocenters. The van der Waals surface area contributed by atoms with E-state index < -0.39 is 0 Å². The molecule has 0 bridgehead atoms. The first kappa shape index (κ1) is 11.2. The molecule has 0 aliphatic carbocycles. The van der Waals surface area contributed by atoms with E-state index in [-0.39, 0.29) is 0 Å². The molecule has 1 aromatic rings. The molecule has 0 saturated carbocycles. The van der Waals surface area contributed by atoms with Crippen LogP contribution in [0.2, 0.25) is 0 Å². The molecule has 0 spiro atoms. The number of hydrogen-bond acceptors (Lipinski definition) is 2. The minimum absolute atomic E-state index is 0.736. The third-order valence-electron chi connectivity index (χ3n) is 4.24. The molecule has 0 amide bonds. The average molecular weight is 230 g/mol. The molecule has 3 rings (SSSR count). The zero-order valence-electron chi connectivity index (χ0n) is 10.4. The molecule has 17 heavy (non-hydrogen) atoms. The lowest BCUT2D eigenvalue weighted by molar-refractivity contribution is 0.461. The van der Waals surface area contributed by atoms with Gasteiger partial charge in [0.1, 0.15) is 0 Å². The van der Waals surface area contributed by atoms with Crippen LogP contribution in [0.3, 0.4) is 0 Å². The van der Waals surface area contributed by atoms with Crippen LogP contribution in [0.25, 0.3) is 0 Å². The predicted molar refractivity (Wildman–Crippen MR) is 71.5 cm³/mol. The number of nitrogens with one attached hydrogen (secondary N) is 2. The zero-order valence-corrected chi connectivity index (χ0v) is 10.4. The van der Waals surface area contributed by atoms with Gasteiger partial charge < -0.3 is 10.6 Å². The average Bonchev–Trinajstić information content (AvgIpc) is 2.94. The van der Waals surface area contributed by atoms with Crippen molar-refractivity contribution in [2.75, 3.05) is 26.2 Å². The standard InChI is InChI=1S/C15H22N2/c1-2-14(10-16-8-1)12-3-5-13(6-4-12)15-7-9-17-11-15/h3-6,14-17H,1-2,7-11H2. The molecule has 0 aromatic heterocycles. The van der Waals surface area contributed by atoms with E-state index in [2.05, 4.69) is 34.9 Å². The minimum atomic E-state index is 0.736. The van der Waals surface area contributed by atoms with Crippen molar-refractivity contribution in [3.05, 3.63) is 35.4 Å². The fourth-order valence-electron chi connectivity index (χ4n) is 3.12. The third kappa shape index (κ3) is 2.53. The second-order valence-electron chi connectivity index (χ2n) is 5.40. The lowest BCUT2D eigenvalue weighted by atomic mass is 9.89. The first-order chi connectivity index (χ1) is 8.43. The van der Waals surface area contributed by atoms with Crippen LogP contribution in [0.4, 0.5) is 0 Å². The van der Waals surface area contributed by atoms with E-state index in [0.717, 1.165) is 24.9 Å². The molecular formula is C15H22N2. The van der Waals surface area contributed by atoms with Gasteiger partial charge in [0.25, 0.3) is 0 Å². The highest BCUT2D eigenvalue weighted by molar-refractivity contribution is 5.29. The maximum absolute atomic E-state index is 3.49. The van der Waals surface area contributed by atoms with Gasteiger partial charge in [0, 0.05) is 13.1 Å². The Labute approximate surface area is 104 Å². The summed E-state index contributed by atoms with van der Waals surface area (Å²) in [6.07, 6.45) is 3.96. The Morgan fingerprint density at radius 3 is 1.88 bits per heavy atom. The normalized spacial score (nSPS) is 29.4. The fourth-order valence-corrected chi connectivity index (χ4v) is 3.12. The van der Waals surface area contributed by atoms with Gasteiger partial charge in [0.05, 0.1) is 0 Å². The summed E-state index contributed by atoms with van der Waals surface area (Å²) in [6.45, 7) is 4.69. The SMILES string of the molecule is c1cc(C2CCNC2)ccc1C1CCCNC1. The van der Waals surface area contributed by atoms with Crippen molar-refractivity contribution in [2.45, 2.75) is 31.1 Å². The Hall–Kier alpha value is -0.860. The first-order valence-electron chi connectivity index (χ1n) is 6.95. The molecule has 2 heteroatoms. The highest BCUT2D eigenvalue weighted by Gasteiger charge is 2.18. The van der Waals surface area contributed by atoms with E-state index in [1.807, 2.05) is 0 Å². The molecule has 0 radical (unpaired) electrons. The smallest absolute Gasteiger partial charge is 0.00206 e. The fraction of sp³-hybridized carbons (Fsp3) is 0.600. The summed E-state index contributed by atoms with van der Waals surface area (Å²) in [5.74, 6) is 1.48. The highest BCUT2D eigenvalue weighted by Crippen LogP contribution is 2.27. The maximum atomic E-state index is 3.49. The van der Waals surface area contributed by atoms with Crippen molar-refractivity contribution in [1.82, 2.24) is 10.6 Å². The Morgan fingerprint density at radius 2 is 1.35 bits per heavy atom. The van der Waals surface area contributed by atoms with Crippen molar-refractivity contribution in [3.8, 4) is 0 Å². The molecule has 2 nitrogen and oxygen atoms in total. The summed E-state index contributed by atoms with van der Waals surface area (Å²) in [5, 5.41) is 6.93. The van der Waals surface area contributed by atoms with Crippen LogP contribution >= 0.6 is 0 Å². The second kappa shape index (κ2) is 5.19. The summed E-state index contributed by atoms with van der Waals surface area (Å²) in [4.78, 5) is 0. The molecule has 2 saturated heterocycles. The molecule has 2 N–H and O–H groups in total. The van der Waals surface area contributed by atoms with Crippen LogP contribution in [0.1, 0.15) is 42.2 Å². The monoisotopic (exact) mass is 230 g/mol. The van der Waals surface area contributed by atoms with Gasteiger partial charge in [-0.3, -0.25) is 0 Å². The number of rotatable bonds is 2. The van der Waals surface area contributed by atoms with Crippen LogP contribution in [0.5, 0.6) is 0 Å². The first-order valence-corrected chi connectivity index (χ1v) is 6.95. The van der Waals surface area contributed by atoms with Crippen molar-refractivity contribution in [1.29, 1.82) is 0 Å². The van der Waals surface area contributed by atoms with Gasteiger partial charge in [-0.25, -0.2) is 0 Å². The molecule has 2 aliphatic rings. The molecule has 92 valence electrons. The molecular weight excluding hydrogens is 208 g/mol. The van der Waals surface area contributed by atoms with Gasteiger partial charge in [-0.1, -0.05) is 24.3 Å². The van der Waals surface area contributed by atoms with Gasteiger partial charge in [0.2, 0.25) is 0 Å². The Morgan fingerprint density at radius 1 is 0.765 bits per heavy atom. The third-order valence-corrected chi connectivity index (χ3v) is 4.24. The maximum Gasteiger partial charge on any atom is 0.00206 e. The largest absolute Gasteiger partial charge is 0.316 e. The van der Waals surface area contributed by atoms with E-state index in [1.165, 1.54) is 43.5 Å². The zero-order chi connectivity index (χ0) is 11.5. The van der Waals surface area contributed by atoms with E-state index in [0.29, 0.717) is 0 Å². The lowest BCUT2D eigenvalue weighted by Gasteiger charge is -2.23. The van der Waals surface area contributed by atoms with Gasteiger partial charge in [-0.15, -0.1) is 0 Å². The van der Waals surface area contributed by atoms with E-state index >= 15 is 0 Å². The van der Waals surface area contributed by atoms with Gasteiger partial charge in [-0.2, -0.15) is 0 Å². The summed E-state index contributed by atoms with van der Waals surface area (Å²) in [5.41, 5.74) is 3.04. The number of piperidine rings is 1. The van der Waals surface area contributed by atoms with E-state index in [9.17, 15) is 0 Å². The molecule has 2 fully saturated rings. The summed E-state index contributed by atoms with van der Waals surface area (Å²) < 4.78 is 0. The Balaban J connectivity index is 1.70. The van der Waals surface area contributed by atoms with Crippen LogP contribution in [0.15, 0.2) is 24.3 Å². The molecule has 2 aliphatic heterocycles. The van der Waals surface area contributed by atoms with Gasteiger partial charge in [0.15, 0.2) is 0 Å². The summed E-state index contributed by atoms with van der Waals surface area (Å²) >= 11 is 0. The molecule has 1 aromatic carbocycles. The van der Waals surface area contributed by atoms with Gasteiger partial charge >= 0.3 is 0 Å². The minimum Gasteiger partial charge on any atom is -0.316 e. The van der Waals surface area contributed by atoms with Crippen molar-refractivity contribution < 1.29 is 0 Å². The highest BCUT2D eigenvalue weighted by atomic mass is 14.9. The van der Waals surface area contributed by atoms with Gasteiger partial charge in [-0.05, 0) is 55.3 Å². The van der Waals surface area contributed by atoms with Crippen molar-refractivity contribution >= 4 is 0 Å². The number of benzene rings is 1. The summed E-state index contributed by atoms with van der Waals surface area (Å²) in [7, 11) is 0. The lowest BCUT2D eigenvalue weighted by Crippen LogP contribution is -2.28. The quantitative estimate of drug-likeness (QED) is 0.814. The molecule has 2 heterocycles. The second-order valence-corrected chi connectivity index (χ2v) is 5.40.